The van der Waals surface area contributed by atoms with Crippen LogP contribution in [0.1, 0.15) is 12.0 Å². The lowest BCUT2D eigenvalue weighted by Gasteiger charge is -2.10. The molecule has 2 aromatic carbocycles. The first-order chi connectivity index (χ1) is 12.1. The van der Waals surface area contributed by atoms with Gasteiger partial charge >= 0.3 is 0 Å². The lowest BCUT2D eigenvalue weighted by molar-refractivity contribution is -0.113. The van der Waals surface area contributed by atoms with Gasteiger partial charge in [0, 0.05) is 34.0 Å². The summed E-state index contributed by atoms with van der Waals surface area (Å²) in [5.74, 6) is 2.26. The van der Waals surface area contributed by atoms with Crippen LogP contribution in [0.4, 0.5) is 5.69 Å². The molecular formula is C18H17Cl2NO3S. The number of hydrogen-bond acceptors (Lipinski definition) is 4. The molecule has 0 aromatic heterocycles. The van der Waals surface area contributed by atoms with Gasteiger partial charge in [-0.3, -0.25) is 4.79 Å². The van der Waals surface area contributed by atoms with Crippen molar-refractivity contribution in [3.05, 3.63) is 52.0 Å². The zero-order chi connectivity index (χ0) is 17.6. The van der Waals surface area contributed by atoms with Gasteiger partial charge in [-0.2, -0.15) is 0 Å². The third-order valence-corrected chi connectivity index (χ3v) is 5.11. The van der Waals surface area contributed by atoms with Crippen molar-refractivity contribution in [3.63, 3.8) is 0 Å². The molecule has 0 spiro atoms. The van der Waals surface area contributed by atoms with Crippen LogP contribution in [0.2, 0.25) is 10.0 Å². The molecule has 7 heteroatoms. The Kier molecular flexibility index (Phi) is 6.34. The predicted octanol–water partition coefficient (Wildman–Crippen LogP) is 5.03. The highest BCUT2D eigenvalue weighted by atomic mass is 35.5. The fourth-order valence-electron chi connectivity index (χ4n) is 2.33. The molecule has 1 aliphatic heterocycles. The number of fused-ring (bicyclic) bond motifs is 1. The molecular weight excluding hydrogens is 381 g/mol. The van der Waals surface area contributed by atoms with Crippen LogP contribution in [0.25, 0.3) is 0 Å². The van der Waals surface area contributed by atoms with E-state index in [0.717, 1.165) is 12.0 Å². The van der Waals surface area contributed by atoms with Crippen molar-refractivity contribution in [2.45, 2.75) is 12.2 Å². The Morgan fingerprint density at radius 3 is 2.68 bits per heavy atom. The average molecular weight is 398 g/mol. The second-order valence-electron chi connectivity index (χ2n) is 5.49. The first kappa shape index (κ1) is 18.2. The standard InChI is InChI=1S/C18H17Cl2NO3S/c19-13-3-2-12(15(20)8-13)10-25-11-18(22)21-14-4-5-16-17(9-14)24-7-1-6-23-16/h2-5,8-9H,1,6-7,10-11H2,(H,21,22). The number of ether oxygens (including phenoxy) is 2. The van der Waals surface area contributed by atoms with E-state index in [9.17, 15) is 4.79 Å². The van der Waals surface area contributed by atoms with E-state index in [2.05, 4.69) is 5.32 Å². The third-order valence-electron chi connectivity index (χ3n) is 3.54. The maximum Gasteiger partial charge on any atom is 0.234 e. The zero-order valence-corrected chi connectivity index (χ0v) is 15.7. The zero-order valence-electron chi connectivity index (χ0n) is 13.4. The third kappa shape index (κ3) is 5.21. The molecule has 0 aliphatic carbocycles. The normalized spacial score (nSPS) is 13.2. The van der Waals surface area contributed by atoms with Gasteiger partial charge in [0.15, 0.2) is 11.5 Å². The molecule has 1 aliphatic rings. The van der Waals surface area contributed by atoms with Gasteiger partial charge in [0.25, 0.3) is 0 Å². The van der Waals surface area contributed by atoms with E-state index in [1.165, 1.54) is 11.8 Å². The minimum Gasteiger partial charge on any atom is -0.490 e. The molecule has 4 nitrogen and oxygen atoms in total. The SMILES string of the molecule is O=C(CSCc1ccc(Cl)cc1Cl)Nc1ccc2c(c1)OCCCO2. The van der Waals surface area contributed by atoms with Gasteiger partial charge in [0.2, 0.25) is 5.91 Å². The summed E-state index contributed by atoms with van der Waals surface area (Å²) < 4.78 is 11.2. The number of carbonyl (C=O) groups excluding carboxylic acids is 1. The smallest absolute Gasteiger partial charge is 0.234 e. The van der Waals surface area contributed by atoms with E-state index < -0.39 is 0 Å². The summed E-state index contributed by atoms with van der Waals surface area (Å²) >= 11 is 13.5. The Morgan fingerprint density at radius 1 is 1.08 bits per heavy atom. The van der Waals surface area contributed by atoms with Crippen molar-refractivity contribution < 1.29 is 14.3 Å². The topological polar surface area (TPSA) is 47.6 Å². The number of nitrogens with one attached hydrogen (secondary N) is 1. The Labute approximate surface area is 160 Å². The molecule has 2 aromatic rings. The molecule has 0 radical (unpaired) electrons. The Morgan fingerprint density at radius 2 is 1.88 bits per heavy atom. The van der Waals surface area contributed by atoms with Crippen LogP contribution in [-0.4, -0.2) is 24.9 Å². The van der Waals surface area contributed by atoms with E-state index in [-0.39, 0.29) is 5.91 Å². The second kappa shape index (κ2) is 8.70. The van der Waals surface area contributed by atoms with Crippen LogP contribution in [0.5, 0.6) is 11.5 Å². The van der Waals surface area contributed by atoms with Gasteiger partial charge in [-0.25, -0.2) is 0 Å². The van der Waals surface area contributed by atoms with Crippen molar-refractivity contribution in [3.8, 4) is 11.5 Å². The van der Waals surface area contributed by atoms with Gasteiger partial charge in [-0.15, -0.1) is 11.8 Å². The molecule has 0 atom stereocenters. The molecule has 0 saturated heterocycles. The first-order valence-corrected chi connectivity index (χ1v) is 9.74. The lowest BCUT2D eigenvalue weighted by atomic mass is 10.2. The molecule has 0 unspecified atom stereocenters. The first-order valence-electron chi connectivity index (χ1n) is 7.83. The second-order valence-corrected chi connectivity index (χ2v) is 7.32. The molecule has 1 heterocycles. The van der Waals surface area contributed by atoms with Crippen molar-refractivity contribution in [2.24, 2.45) is 0 Å². The molecule has 0 bridgehead atoms. The quantitative estimate of drug-likeness (QED) is 0.768. The highest BCUT2D eigenvalue weighted by Gasteiger charge is 2.12. The number of benzene rings is 2. The molecule has 1 N–H and O–H groups in total. The van der Waals surface area contributed by atoms with Crippen LogP contribution in [-0.2, 0) is 10.5 Å². The maximum absolute atomic E-state index is 12.1. The van der Waals surface area contributed by atoms with Gasteiger partial charge in [-0.1, -0.05) is 29.3 Å². The van der Waals surface area contributed by atoms with Gasteiger partial charge in [0.1, 0.15) is 0 Å². The highest BCUT2D eigenvalue weighted by molar-refractivity contribution is 7.99. The molecule has 3 rings (SSSR count). The van der Waals surface area contributed by atoms with Crippen LogP contribution in [0.15, 0.2) is 36.4 Å². The van der Waals surface area contributed by atoms with E-state index in [1.54, 1.807) is 18.2 Å². The minimum atomic E-state index is -0.0791. The number of rotatable bonds is 5. The molecule has 0 saturated carbocycles. The fraction of sp³-hybridized carbons (Fsp3) is 0.278. The van der Waals surface area contributed by atoms with Crippen molar-refractivity contribution >= 4 is 46.6 Å². The number of amides is 1. The summed E-state index contributed by atoms with van der Waals surface area (Å²) in [5.41, 5.74) is 1.65. The fourth-order valence-corrected chi connectivity index (χ4v) is 3.72. The highest BCUT2D eigenvalue weighted by Crippen LogP contribution is 2.32. The molecule has 0 fully saturated rings. The number of carbonyl (C=O) groups is 1. The summed E-state index contributed by atoms with van der Waals surface area (Å²) in [6.45, 7) is 1.25. The molecule has 132 valence electrons. The van der Waals surface area contributed by atoms with Crippen molar-refractivity contribution in [1.29, 1.82) is 0 Å². The van der Waals surface area contributed by atoms with Crippen LogP contribution >= 0.6 is 35.0 Å². The van der Waals surface area contributed by atoms with Gasteiger partial charge in [-0.05, 0) is 29.8 Å². The Hall–Kier alpha value is -1.56. The summed E-state index contributed by atoms with van der Waals surface area (Å²) in [6, 6.07) is 10.8. The van der Waals surface area contributed by atoms with E-state index in [0.29, 0.717) is 52.0 Å². The van der Waals surface area contributed by atoms with E-state index in [4.69, 9.17) is 32.7 Å². The Balaban J connectivity index is 1.51. The summed E-state index contributed by atoms with van der Waals surface area (Å²) in [4.78, 5) is 12.1. The maximum atomic E-state index is 12.1. The monoisotopic (exact) mass is 397 g/mol. The largest absolute Gasteiger partial charge is 0.490 e. The van der Waals surface area contributed by atoms with Crippen molar-refractivity contribution in [1.82, 2.24) is 0 Å². The number of hydrogen-bond donors (Lipinski definition) is 1. The average Bonchev–Trinajstić information content (AvgIpc) is 2.82. The number of anilines is 1. The minimum absolute atomic E-state index is 0.0791. The van der Waals surface area contributed by atoms with Crippen LogP contribution in [0, 0.1) is 0 Å². The molecule has 25 heavy (non-hydrogen) atoms. The summed E-state index contributed by atoms with van der Waals surface area (Å²) in [6.07, 6.45) is 0.847. The Bertz CT molecular complexity index is 770. The van der Waals surface area contributed by atoms with Gasteiger partial charge in [0.05, 0.1) is 19.0 Å². The van der Waals surface area contributed by atoms with Crippen LogP contribution in [0.3, 0.4) is 0 Å². The lowest BCUT2D eigenvalue weighted by Crippen LogP contribution is -2.14. The van der Waals surface area contributed by atoms with Crippen molar-refractivity contribution in [2.75, 3.05) is 24.3 Å². The van der Waals surface area contributed by atoms with Gasteiger partial charge < -0.3 is 14.8 Å². The predicted molar refractivity (Wildman–Crippen MR) is 103 cm³/mol. The van der Waals surface area contributed by atoms with E-state index in [1.807, 2.05) is 18.2 Å². The summed E-state index contributed by atoms with van der Waals surface area (Å²) in [7, 11) is 0. The summed E-state index contributed by atoms with van der Waals surface area (Å²) in [5, 5.41) is 4.09. The van der Waals surface area contributed by atoms with E-state index >= 15 is 0 Å². The molecule has 1 amide bonds. The van der Waals surface area contributed by atoms with Crippen LogP contribution < -0.4 is 14.8 Å². The number of halogens is 2. The number of thioether (sulfide) groups is 1.